The van der Waals surface area contributed by atoms with Gasteiger partial charge in [-0.3, -0.25) is 10.1 Å². The molecule has 1 N–H and O–H groups in total. The van der Waals surface area contributed by atoms with Crippen LogP contribution in [0.15, 0.2) is 18.2 Å². The van der Waals surface area contributed by atoms with E-state index in [0.717, 1.165) is 25.9 Å². The number of nitro benzene ring substituents is 1. The first-order valence-electron chi connectivity index (χ1n) is 5.92. The highest BCUT2D eigenvalue weighted by atomic mass is 35.5. The maximum Gasteiger partial charge on any atom is 0.273 e. The molecule has 0 heterocycles. The van der Waals surface area contributed by atoms with Crippen molar-refractivity contribution in [2.45, 2.75) is 19.8 Å². The summed E-state index contributed by atoms with van der Waals surface area (Å²) >= 11 is 5.90. The molecular weight excluding hydrogens is 256 g/mol. The minimum absolute atomic E-state index is 0.0153. The molecule has 18 heavy (non-hydrogen) atoms. The van der Waals surface area contributed by atoms with Crippen molar-refractivity contribution in [1.82, 2.24) is 5.32 Å². The minimum atomic E-state index is -0.466. The zero-order valence-corrected chi connectivity index (χ0v) is 11.1. The highest BCUT2D eigenvalue weighted by Crippen LogP contribution is 2.28. The lowest BCUT2D eigenvalue weighted by atomic mass is 10.3. The van der Waals surface area contributed by atoms with Crippen LogP contribution in [0.4, 0.5) is 5.69 Å². The number of halogens is 1. The van der Waals surface area contributed by atoms with Crippen LogP contribution in [0.1, 0.15) is 19.8 Å². The maximum atomic E-state index is 10.6. The van der Waals surface area contributed by atoms with Crippen LogP contribution in [-0.2, 0) is 0 Å². The third-order valence-corrected chi connectivity index (χ3v) is 2.62. The van der Waals surface area contributed by atoms with Gasteiger partial charge in [0.1, 0.15) is 5.75 Å². The van der Waals surface area contributed by atoms with Crippen LogP contribution in [-0.4, -0.2) is 24.6 Å². The summed E-state index contributed by atoms with van der Waals surface area (Å²) in [6, 6.07) is 4.18. The Morgan fingerprint density at radius 2 is 2.22 bits per heavy atom. The van der Waals surface area contributed by atoms with Crippen molar-refractivity contribution in [1.29, 1.82) is 0 Å². The minimum Gasteiger partial charge on any atom is -0.492 e. The number of non-ortho nitro benzene ring substituents is 1. The molecule has 0 aliphatic rings. The van der Waals surface area contributed by atoms with Crippen molar-refractivity contribution in [2.75, 3.05) is 19.7 Å². The van der Waals surface area contributed by atoms with E-state index in [0.29, 0.717) is 17.4 Å². The smallest absolute Gasteiger partial charge is 0.273 e. The largest absolute Gasteiger partial charge is 0.492 e. The number of rotatable bonds is 8. The van der Waals surface area contributed by atoms with Gasteiger partial charge in [0.05, 0.1) is 22.6 Å². The number of hydrogen-bond acceptors (Lipinski definition) is 4. The molecule has 5 nitrogen and oxygen atoms in total. The molecule has 0 fully saturated rings. The Morgan fingerprint density at radius 3 is 2.89 bits per heavy atom. The zero-order valence-electron chi connectivity index (χ0n) is 10.3. The van der Waals surface area contributed by atoms with Gasteiger partial charge in [0, 0.05) is 6.07 Å². The van der Waals surface area contributed by atoms with Crippen molar-refractivity contribution in [3.8, 4) is 5.75 Å². The van der Waals surface area contributed by atoms with Gasteiger partial charge in [0.15, 0.2) is 0 Å². The molecule has 1 aromatic rings. The Kier molecular flexibility index (Phi) is 6.46. The Balaban J connectivity index is 2.41. The summed E-state index contributed by atoms with van der Waals surface area (Å²) in [5.74, 6) is 0.362. The van der Waals surface area contributed by atoms with E-state index in [1.54, 1.807) is 0 Å². The van der Waals surface area contributed by atoms with Crippen LogP contribution in [0.3, 0.4) is 0 Å². The van der Waals surface area contributed by atoms with Crippen molar-refractivity contribution in [2.24, 2.45) is 0 Å². The van der Waals surface area contributed by atoms with Gasteiger partial charge in [-0.1, -0.05) is 18.5 Å². The van der Waals surface area contributed by atoms with Crippen molar-refractivity contribution in [3.63, 3.8) is 0 Å². The molecule has 0 spiro atoms. The number of hydrogen-bond donors (Lipinski definition) is 1. The SMILES string of the molecule is CCCNCCCOc1cc([N+](=O)[O-])ccc1Cl. The molecule has 0 atom stereocenters. The number of ether oxygens (including phenoxy) is 1. The fraction of sp³-hybridized carbons (Fsp3) is 0.500. The van der Waals surface area contributed by atoms with Gasteiger partial charge in [-0.05, 0) is 32.0 Å². The molecule has 100 valence electrons. The van der Waals surface area contributed by atoms with Gasteiger partial charge >= 0.3 is 0 Å². The highest BCUT2D eigenvalue weighted by molar-refractivity contribution is 6.32. The molecule has 0 saturated carbocycles. The molecular formula is C12H17ClN2O3. The average molecular weight is 273 g/mol. The van der Waals surface area contributed by atoms with Crippen molar-refractivity contribution >= 4 is 17.3 Å². The second-order valence-corrected chi connectivity index (χ2v) is 4.23. The fourth-order valence-corrected chi connectivity index (χ4v) is 1.57. The zero-order chi connectivity index (χ0) is 13.4. The van der Waals surface area contributed by atoms with E-state index in [2.05, 4.69) is 12.2 Å². The number of nitrogens with zero attached hydrogens (tertiary/aromatic N) is 1. The average Bonchev–Trinajstić information content (AvgIpc) is 2.35. The van der Waals surface area contributed by atoms with Gasteiger partial charge in [-0.15, -0.1) is 0 Å². The third kappa shape index (κ3) is 4.89. The highest BCUT2D eigenvalue weighted by Gasteiger charge is 2.10. The number of nitrogens with one attached hydrogen (secondary N) is 1. The van der Waals surface area contributed by atoms with Crippen LogP contribution < -0.4 is 10.1 Å². The lowest BCUT2D eigenvalue weighted by Gasteiger charge is -2.08. The van der Waals surface area contributed by atoms with Crippen molar-refractivity contribution in [3.05, 3.63) is 33.3 Å². The topological polar surface area (TPSA) is 64.4 Å². The summed E-state index contributed by atoms with van der Waals surface area (Å²) in [6.07, 6.45) is 1.93. The number of nitro groups is 1. The summed E-state index contributed by atoms with van der Waals surface area (Å²) in [6.45, 7) is 4.43. The monoisotopic (exact) mass is 272 g/mol. The summed E-state index contributed by atoms with van der Waals surface area (Å²) in [4.78, 5) is 10.1. The fourth-order valence-electron chi connectivity index (χ4n) is 1.40. The maximum absolute atomic E-state index is 10.6. The van der Waals surface area contributed by atoms with E-state index < -0.39 is 4.92 Å². The molecule has 0 saturated heterocycles. The molecule has 0 aliphatic heterocycles. The summed E-state index contributed by atoms with van der Waals surface area (Å²) in [7, 11) is 0. The first-order valence-corrected chi connectivity index (χ1v) is 6.30. The first-order chi connectivity index (χ1) is 8.65. The second-order valence-electron chi connectivity index (χ2n) is 3.82. The predicted octanol–water partition coefficient (Wildman–Crippen LogP) is 3.02. The molecule has 0 unspecified atom stereocenters. The lowest BCUT2D eigenvalue weighted by Crippen LogP contribution is -2.18. The van der Waals surface area contributed by atoms with E-state index in [-0.39, 0.29) is 5.69 Å². The van der Waals surface area contributed by atoms with Crippen LogP contribution >= 0.6 is 11.6 Å². The molecule has 0 amide bonds. The van der Waals surface area contributed by atoms with Crippen molar-refractivity contribution < 1.29 is 9.66 Å². The summed E-state index contributed by atoms with van der Waals surface area (Å²) in [5, 5.41) is 14.2. The van der Waals surface area contributed by atoms with E-state index in [1.807, 2.05) is 0 Å². The molecule has 0 aliphatic carbocycles. The first kappa shape index (κ1) is 14.7. The quantitative estimate of drug-likeness (QED) is 0.449. The molecule has 6 heteroatoms. The van der Waals surface area contributed by atoms with Gasteiger partial charge in [-0.2, -0.15) is 0 Å². The second kappa shape index (κ2) is 7.89. The van der Waals surface area contributed by atoms with Crippen LogP contribution in [0.2, 0.25) is 5.02 Å². The molecule has 0 radical (unpaired) electrons. The Bertz CT molecular complexity index is 399. The van der Waals surface area contributed by atoms with Gasteiger partial charge < -0.3 is 10.1 Å². The third-order valence-electron chi connectivity index (χ3n) is 2.31. The Hall–Kier alpha value is -1.33. The van der Waals surface area contributed by atoms with Crippen LogP contribution in [0.5, 0.6) is 5.75 Å². The molecule has 1 rings (SSSR count). The lowest BCUT2D eigenvalue weighted by molar-refractivity contribution is -0.384. The van der Waals surface area contributed by atoms with E-state index in [1.165, 1.54) is 18.2 Å². The van der Waals surface area contributed by atoms with E-state index in [9.17, 15) is 10.1 Å². The predicted molar refractivity (Wildman–Crippen MR) is 71.4 cm³/mol. The summed E-state index contributed by atoms with van der Waals surface area (Å²) in [5.41, 5.74) is -0.0153. The van der Waals surface area contributed by atoms with Crippen LogP contribution in [0, 0.1) is 10.1 Å². The molecule has 0 aromatic heterocycles. The Morgan fingerprint density at radius 1 is 1.44 bits per heavy atom. The normalized spacial score (nSPS) is 10.3. The van der Waals surface area contributed by atoms with Gasteiger partial charge in [0.25, 0.3) is 5.69 Å². The van der Waals surface area contributed by atoms with Gasteiger partial charge in [-0.25, -0.2) is 0 Å². The number of benzene rings is 1. The van der Waals surface area contributed by atoms with E-state index >= 15 is 0 Å². The van der Waals surface area contributed by atoms with Gasteiger partial charge in [0.2, 0.25) is 0 Å². The van der Waals surface area contributed by atoms with E-state index in [4.69, 9.17) is 16.3 Å². The molecule has 0 bridgehead atoms. The summed E-state index contributed by atoms with van der Waals surface area (Å²) < 4.78 is 5.43. The Labute approximate surface area is 111 Å². The van der Waals surface area contributed by atoms with Crippen LogP contribution in [0.25, 0.3) is 0 Å². The molecule has 1 aromatic carbocycles. The standard InChI is InChI=1S/C12H17ClN2O3/c1-2-6-14-7-3-8-18-12-9-10(15(16)17)4-5-11(12)13/h4-5,9,14H,2-3,6-8H2,1H3.